The van der Waals surface area contributed by atoms with Gasteiger partial charge in [-0.1, -0.05) is 12.1 Å². The molecule has 0 unspecified atom stereocenters. The minimum absolute atomic E-state index is 0.0315. The first kappa shape index (κ1) is 16.9. The minimum atomic E-state index is -0.499. The quantitative estimate of drug-likeness (QED) is 0.640. The molecule has 0 spiro atoms. The Labute approximate surface area is 144 Å². The van der Waals surface area contributed by atoms with Gasteiger partial charge in [-0.3, -0.25) is 19.6 Å². The molecular formula is C17H20N4O4. The lowest BCUT2D eigenvalue weighted by Crippen LogP contribution is -2.31. The second kappa shape index (κ2) is 7.33. The minimum Gasteiger partial charge on any atom is -0.486 e. The van der Waals surface area contributed by atoms with Gasteiger partial charge in [0.15, 0.2) is 5.75 Å². The summed E-state index contributed by atoms with van der Waals surface area (Å²) in [6.07, 6.45) is 4.81. The maximum atomic E-state index is 12.2. The molecule has 1 aromatic carbocycles. The smallest absolute Gasteiger partial charge is 0.310 e. The highest BCUT2D eigenvalue weighted by atomic mass is 16.6. The van der Waals surface area contributed by atoms with Crippen LogP contribution in [0.3, 0.4) is 0 Å². The number of carbonyl (C=O) groups excluding carboxylic acids is 1. The van der Waals surface area contributed by atoms with Gasteiger partial charge in [-0.25, -0.2) is 0 Å². The molecule has 0 saturated heterocycles. The maximum Gasteiger partial charge on any atom is 0.310 e. The molecule has 132 valence electrons. The molecule has 1 aromatic heterocycles. The zero-order chi connectivity index (χ0) is 17.8. The summed E-state index contributed by atoms with van der Waals surface area (Å²) in [6.45, 7) is 0.0866. The van der Waals surface area contributed by atoms with Crippen LogP contribution >= 0.6 is 0 Å². The summed E-state index contributed by atoms with van der Waals surface area (Å²) in [4.78, 5) is 22.6. The second-order valence-corrected chi connectivity index (χ2v) is 6.01. The van der Waals surface area contributed by atoms with E-state index >= 15 is 0 Å². The first-order valence-electron chi connectivity index (χ1n) is 8.22. The third-order valence-corrected chi connectivity index (χ3v) is 4.36. The summed E-state index contributed by atoms with van der Waals surface area (Å²) in [5.74, 6) is 0.0350. The van der Waals surface area contributed by atoms with Crippen molar-refractivity contribution in [3.05, 3.63) is 51.8 Å². The molecule has 1 atom stereocenters. The fourth-order valence-electron chi connectivity index (χ4n) is 3.11. The van der Waals surface area contributed by atoms with Crippen LogP contribution in [-0.4, -0.2) is 27.2 Å². The first-order valence-corrected chi connectivity index (χ1v) is 8.22. The predicted molar refractivity (Wildman–Crippen MR) is 90.2 cm³/mol. The molecule has 1 heterocycles. The number of ether oxygens (including phenoxy) is 1. The molecule has 1 aliphatic rings. The average Bonchev–Trinajstić information content (AvgIpc) is 2.98. The Hall–Kier alpha value is -2.90. The SMILES string of the molecule is Cn1ncc2c1CCC[C@@H]2NC(=O)CCOc1ccccc1[N+](=O)[O-]. The van der Waals surface area contributed by atoms with E-state index in [9.17, 15) is 14.9 Å². The van der Waals surface area contributed by atoms with Gasteiger partial charge in [-0.2, -0.15) is 5.10 Å². The van der Waals surface area contributed by atoms with Crippen molar-refractivity contribution >= 4 is 11.6 Å². The van der Waals surface area contributed by atoms with Crippen LogP contribution in [0.25, 0.3) is 0 Å². The summed E-state index contributed by atoms with van der Waals surface area (Å²) < 4.78 is 7.27. The van der Waals surface area contributed by atoms with Gasteiger partial charge in [-0.05, 0) is 25.3 Å². The van der Waals surface area contributed by atoms with Crippen LogP contribution in [0, 0.1) is 10.1 Å². The van der Waals surface area contributed by atoms with E-state index in [1.807, 2.05) is 17.9 Å². The van der Waals surface area contributed by atoms with Crippen LogP contribution in [0.5, 0.6) is 5.75 Å². The Morgan fingerprint density at radius 1 is 1.48 bits per heavy atom. The molecule has 8 nitrogen and oxygen atoms in total. The molecule has 3 rings (SSSR count). The van der Waals surface area contributed by atoms with Crippen LogP contribution in [0.15, 0.2) is 30.5 Å². The van der Waals surface area contributed by atoms with E-state index < -0.39 is 4.92 Å². The Bertz CT molecular complexity index is 787. The van der Waals surface area contributed by atoms with Crippen LogP contribution in [0.2, 0.25) is 0 Å². The van der Waals surface area contributed by atoms with Crippen molar-refractivity contribution in [2.45, 2.75) is 31.7 Å². The van der Waals surface area contributed by atoms with E-state index in [0.717, 1.165) is 30.5 Å². The highest BCUT2D eigenvalue weighted by Gasteiger charge is 2.24. The molecule has 25 heavy (non-hydrogen) atoms. The zero-order valence-corrected chi connectivity index (χ0v) is 14.0. The van der Waals surface area contributed by atoms with Crippen molar-refractivity contribution in [2.75, 3.05) is 6.61 Å². The fourth-order valence-corrected chi connectivity index (χ4v) is 3.11. The molecule has 2 aromatic rings. The van der Waals surface area contributed by atoms with Crippen LogP contribution in [0.1, 0.15) is 36.6 Å². The number of nitro benzene ring substituents is 1. The summed E-state index contributed by atoms with van der Waals surface area (Å²) in [5, 5.41) is 18.2. The number of aromatic nitrogens is 2. The lowest BCUT2D eigenvalue weighted by Gasteiger charge is -2.23. The normalized spacial score (nSPS) is 16.1. The molecule has 0 radical (unpaired) electrons. The van der Waals surface area contributed by atoms with E-state index in [1.165, 1.54) is 12.1 Å². The van der Waals surface area contributed by atoms with E-state index in [-0.39, 0.29) is 36.4 Å². The van der Waals surface area contributed by atoms with Gasteiger partial charge in [0.05, 0.1) is 30.2 Å². The molecular weight excluding hydrogens is 324 g/mol. The number of hydrogen-bond acceptors (Lipinski definition) is 5. The molecule has 0 saturated carbocycles. The highest BCUT2D eigenvalue weighted by molar-refractivity contribution is 5.76. The van der Waals surface area contributed by atoms with Crippen LogP contribution in [0.4, 0.5) is 5.69 Å². The van der Waals surface area contributed by atoms with Crippen molar-refractivity contribution in [1.29, 1.82) is 0 Å². The Balaban J connectivity index is 1.54. The lowest BCUT2D eigenvalue weighted by molar-refractivity contribution is -0.385. The molecule has 8 heteroatoms. The summed E-state index contributed by atoms with van der Waals surface area (Å²) in [6, 6.07) is 6.11. The topological polar surface area (TPSA) is 99.3 Å². The van der Waals surface area contributed by atoms with Gasteiger partial charge >= 0.3 is 5.69 Å². The molecule has 1 N–H and O–H groups in total. The third kappa shape index (κ3) is 3.78. The van der Waals surface area contributed by atoms with Gasteiger partial charge in [0, 0.05) is 24.4 Å². The van der Waals surface area contributed by atoms with Crippen molar-refractivity contribution in [3.63, 3.8) is 0 Å². The first-order chi connectivity index (χ1) is 12.1. The number of carbonyl (C=O) groups is 1. The molecule has 0 bridgehead atoms. The summed E-state index contributed by atoms with van der Waals surface area (Å²) in [7, 11) is 1.91. The number of nitro groups is 1. The van der Waals surface area contributed by atoms with Crippen molar-refractivity contribution in [1.82, 2.24) is 15.1 Å². The van der Waals surface area contributed by atoms with Crippen LogP contribution in [-0.2, 0) is 18.3 Å². The molecule has 1 amide bonds. The highest BCUT2D eigenvalue weighted by Crippen LogP contribution is 2.29. The zero-order valence-electron chi connectivity index (χ0n) is 14.0. The summed E-state index contributed by atoms with van der Waals surface area (Å²) in [5.41, 5.74) is 2.13. The summed E-state index contributed by atoms with van der Waals surface area (Å²) >= 11 is 0. The van der Waals surface area contributed by atoms with Gasteiger partial charge in [0.2, 0.25) is 5.91 Å². The predicted octanol–water partition coefficient (Wildman–Crippen LogP) is 2.29. The molecule has 0 aliphatic heterocycles. The number of amides is 1. The Kier molecular flexibility index (Phi) is 4.97. The second-order valence-electron chi connectivity index (χ2n) is 6.01. The number of nitrogens with zero attached hydrogens (tertiary/aromatic N) is 3. The number of nitrogens with one attached hydrogen (secondary N) is 1. The van der Waals surface area contributed by atoms with Gasteiger partial charge < -0.3 is 10.1 Å². The van der Waals surface area contributed by atoms with E-state index in [0.29, 0.717) is 0 Å². The van der Waals surface area contributed by atoms with Crippen molar-refractivity contribution in [3.8, 4) is 5.75 Å². The van der Waals surface area contributed by atoms with Gasteiger partial charge in [0.25, 0.3) is 0 Å². The Morgan fingerprint density at radius 3 is 3.08 bits per heavy atom. The van der Waals surface area contributed by atoms with E-state index in [2.05, 4.69) is 10.4 Å². The molecule has 1 aliphatic carbocycles. The fraction of sp³-hybridized carbons (Fsp3) is 0.412. The monoisotopic (exact) mass is 344 g/mol. The number of para-hydroxylation sites is 2. The standard InChI is InChI=1S/C17H20N4O4/c1-20-14-7-4-5-13(12(14)11-18-20)19-17(22)9-10-25-16-8-3-2-6-15(16)21(23)24/h2-3,6,8,11,13H,4-5,7,9-10H2,1H3,(H,19,22)/t13-/m0/s1. The largest absolute Gasteiger partial charge is 0.486 e. The van der Waals surface area contributed by atoms with Gasteiger partial charge in [-0.15, -0.1) is 0 Å². The van der Waals surface area contributed by atoms with E-state index in [1.54, 1.807) is 12.1 Å². The number of fused-ring (bicyclic) bond motifs is 1. The Morgan fingerprint density at radius 2 is 2.28 bits per heavy atom. The number of rotatable bonds is 6. The van der Waals surface area contributed by atoms with Crippen LogP contribution < -0.4 is 10.1 Å². The average molecular weight is 344 g/mol. The maximum absolute atomic E-state index is 12.2. The number of benzene rings is 1. The van der Waals surface area contributed by atoms with Crippen molar-refractivity contribution < 1.29 is 14.5 Å². The van der Waals surface area contributed by atoms with Crippen molar-refractivity contribution in [2.24, 2.45) is 7.05 Å². The number of hydrogen-bond donors (Lipinski definition) is 1. The molecule has 0 fully saturated rings. The van der Waals surface area contributed by atoms with E-state index in [4.69, 9.17) is 4.74 Å². The van der Waals surface area contributed by atoms with Gasteiger partial charge in [0.1, 0.15) is 0 Å². The third-order valence-electron chi connectivity index (χ3n) is 4.36. The lowest BCUT2D eigenvalue weighted by atomic mass is 9.93. The number of aryl methyl sites for hydroxylation is 1.